The molecule has 29 heavy (non-hydrogen) atoms. The maximum atomic E-state index is 12.5. The standard InChI is InChI=1S/C20H21N5O3S/c1-14(29-20-24-23-19(28-20)15-3-2-8-21-13-15)18(26)22-16-4-6-17(7-5-16)25-9-11-27-12-10-25/h2-8,13-14H,9-12H2,1H3,(H,22,26)/t14-/m1/s1. The minimum Gasteiger partial charge on any atom is -0.411 e. The zero-order chi connectivity index (χ0) is 20.1. The molecule has 1 aromatic carbocycles. The Kier molecular flexibility index (Phi) is 6.06. The molecule has 1 fully saturated rings. The molecule has 0 aliphatic carbocycles. The van der Waals surface area contributed by atoms with Gasteiger partial charge in [0, 0.05) is 36.9 Å². The Bertz CT molecular complexity index is 942. The Labute approximate surface area is 172 Å². The van der Waals surface area contributed by atoms with Crippen molar-refractivity contribution in [1.29, 1.82) is 0 Å². The third kappa shape index (κ3) is 4.93. The van der Waals surface area contributed by atoms with Gasteiger partial charge in [-0.05, 0) is 43.3 Å². The van der Waals surface area contributed by atoms with Crippen molar-refractivity contribution < 1.29 is 13.9 Å². The van der Waals surface area contributed by atoms with Crippen LogP contribution in [0, 0.1) is 0 Å². The van der Waals surface area contributed by atoms with Crippen LogP contribution >= 0.6 is 11.8 Å². The van der Waals surface area contributed by atoms with E-state index in [-0.39, 0.29) is 5.91 Å². The Morgan fingerprint density at radius 1 is 1.17 bits per heavy atom. The highest BCUT2D eigenvalue weighted by atomic mass is 32.2. The molecule has 0 saturated carbocycles. The Morgan fingerprint density at radius 2 is 1.97 bits per heavy atom. The number of thioether (sulfide) groups is 1. The molecule has 8 nitrogen and oxygen atoms in total. The lowest BCUT2D eigenvalue weighted by Gasteiger charge is -2.28. The number of nitrogens with one attached hydrogen (secondary N) is 1. The lowest BCUT2D eigenvalue weighted by Crippen LogP contribution is -2.36. The van der Waals surface area contributed by atoms with Crippen molar-refractivity contribution in [3.05, 3.63) is 48.8 Å². The van der Waals surface area contributed by atoms with Gasteiger partial charge in [-0.2, -0.15) is 0 Å². The summed E-state index contributed by atoms with van der Waals surface area (Å²) >= 11 is 1.22. The van der Waals surface area contributed by atoms with E-state index in [2.05, 4.69) is 25.4 Å². The van der Waals surface area contributed by atoms with Crippen LogP contribution in [0.15, 0.2) is 58.4 Å². The van der Waals surface area contributed by atoms with Gasteiger partial charge < -0.3 is 19.4 Å². The first-order valence-corrected chi connectivity index (χ1v) is 10.2. The number of morpholine rings is 1. The molecule has 3 aromatic rings. The van der Waals surface area contributed by atoms with Gasteiger partial charge in [-0.25, -0.2) is 0 Å². The summed E-state index contributed by atoms with van der Waals surface area (Å²) in [6, 6.07) is 11.5. The number of hydrogen-bond acceptors (Lipinski definition) is 8. The summed E-state index contributed by atoms with van der Waals surface area (Å²) in [5.41, 5.74) is 2.62. The Morgan fingerprint density at radius 3 is 2.69 bits per heavy atom. The monoisotopic (exact) mass is 411 g/mol. The van der Waals surface area contributed by atoms with E-state index in [0.717, 1.165) is 43.2 Å². The van der Waals surface area contributed by atoms with E-state index in [4.69, 9.17) is 9.15 Å². The third-order valence-corrected chi connectivity index (χ3v) is 5.41. The molecule has 2 aromatic heterocycles. The van der Waals surface area contributed by atoms with Crippen LogP contribution in [0.2, 0.25) is 0 Å². The molecular weight excluding hydrogens is 390 g/mol. The number of rotatable bonds is 6. The predicted octanol–water partition coefficient (Wildman–Crippen LogP) is 3.09. The molecule has 3 heterocycles. The second-order valence-electron chi connectivity index (χ2n) is 6.51. The number of benzene rings is 1. The fourth-order valence-corrected chi connectivity index (χ4v) is 3.57. The average molecular weight is 411 g/mol. The first-order valence-electron chi connectivity index (χ1n) is 9.33. The van der Waals surface area contributed by atoms with Crippen molar-refractivity contribution in [2.24, 2.45) is 0 Å². The smallest absolute Gasteiger partial charge is 0.277 e. The number of pyridine rings is 1. The van der Waals surface area contributed by atoms with E-state index in [1.54, 1.807) is 25.4 Å². The van der Waals surface area contributed by atoms with Crippen molar-refractivity contribution in [2.75, 3.05) is 36.5 Å². The van der Waals surface area contributed by atoms with Crippen LogP contribution in [0.1, 0.15) is 6.92 Å². The quantitative estimate of drug-likeness (QED) is 0.619. The van der Waals surface area contributed by atoms with Gasteiger partial charge in [0.05, 0.1) is 24.0 Å². The van der Waals surface area contributed by atoms with Gasteiger partial charge in [0.15, 0.2) is 0 Å². The lowest BCUT2D eigenvalue weighted by atomic mass is 10.2. The van der Waals surface area contributed by atoms with E-state index in [1.165, 1.54) is 11.8 Å². The zero-order valence-electron chi connectivity index (χ0n) is 15.9. The van der Waals surface area contributed by atoms with E-state index in [1.807, 2.05) is 30.3 Å². The van der Waals surface area contributed by atoms with Crippen LogP contribution in [-0.4, -0.2) is 52.6 Å². The van der Waals surface area contributed by atoms with Gasteiger partial charge in [-0.1, -0.05) is 11.8 Å². The summed E-state index contributed by atoms with van der Waals surface area (Å²) in [4.78, 5) is 18.8. The van der Waals surface area contributed by atoms with Gasteiger partial charge >= 0.3 is 0 Å². The van der Waals surface area contributed by atoms with Crippen molar-refractivity contribution >= 4 is 29.0 Å². The summed E-state index contributed by atoms with van der Waals surface area (Å²) in [7, 11) is 0. The molecule has 1 saturated heterocycles. The highest BCUT2D eigenvalue weighted by Gasteiger charge is 2.19. The molecule has 1 aliphatic heterocycles. The van der Waals surface area contributed by atoms with E-state index in [9.17, 15) is 4.79 Å². The Balaban J connectivity index is 1.33. The fraction of sp³-hybridized carbons (Fsp3) is 0.300. The van der Waals surface area contributed by atoms with Gasteiger partial charge in [-0.3, -0.25) is 9.78 Å². The topological polar surface area (TPSA) is 93.4 Å². The van der Waals surface area contributed by atoms with E-state index in [0.29, 0.717) is 11.1 Å². The summed E-state index contributed by atoms with van der Waals surface area (Å²) < 4.78 is 11.0. The highest BCUT2D eigenvalue weighted by molar-refractivity contribution is 8.00. The minimum atomic E-state index is -0.392. The molecule has 9 heteroatoms. The SMILES string of the molecule is C[C@@H](Sc1nnc(-c2cccnc2)o1)C(=O)Nc1ccc(N2CCOCC2)cc1. The van der Waals surface area contributed by atoms with Crippen LogP contribution < -0.4 is 10.2 Å². The molecule has 0 unspecified atom stereocenters. The van der Waals surface area contributed by atoms with E-state index >= 15 is 0 Å². The van der Waals surface area contributed by atoms with Gasteiger partial charge in [0.25, 0.3) is 5.22 Å². The average Bonchev–Trinajstić information content (AvgIpc) is 3.24. The number of carbonyl (C=O) groups excluding carboxylic acids is 1. The van der Waals surface area contributed by atoms with Crippen molar-refractivity contribution in [2.45, 2.75) is 17.4 Å². The largest absolute Gasteiger partial charge is 0.411 e. The van der Waals surface area contributed by atoms with Gasteiger partial charge in [-0.15, -0.1) is 10.2 Å². The first kappa shape index (κ1) is 19.4. The normalized spacial score (nSPS) is 15.1. The fourth-order valence-electron chi connectivity index (χ4n) is 2.89. The number of ether oxygens (including phenoxy) is 1. The second-order valence-corrected chi connectivity index (χ2v) is 7.80. The number of nitrogens with zero attached hydrogens (tertiary/aromatic N) is 4. The second kappa shape index (κ2) is 9.06. The van der Waals surface area contributed by atoms with Crippen molar-refractivity contribution in [3.63, 3.8) is 0 Å². The molecule has 0 radical (unpaired) electrons. The number of amides is 1. The van der Waals surface area contributed by atoms with Crippen LogP contribution in [0.4, 0.5) is 11.4 Å². The molecule has 1 aliphatic rings. The first-order chi connectivity index (χ1) is 14.2. The van der Waals surface area contributed by atoms with Crippen LogP contribution in [0.3, 0.4) is 0 Å². The zero-order valence-corrected chi connectivity index (χ0v) is 16.8. The van der Waals surface area contributed by atoms with E-state index < -0.39 is 5.25 Å². The number of hydrogen-bond donors (Lipinski definition) is 1. The number of anilines is 2. The Hall–Kier alpha value is -2.91. The number of aromatic nitrogens is 3. The highest BCUT2D eigenvalue weighted by Crippen LogP contribution is 2.27. The maximum Gasteiger partial charge on any atom is 0.277 e. The molecule has 1 N–H and O–H groups in total. The lowest BCUT2D eigenvalue weighted by molar-refractivity contribution is -0.115. The molecule has 1 amide bonds. The molecule has 0 spiro atoms. The molecular formula is C20H21N5O3S. The summed E-state index contributed by atoms with van der Waals surface area (Å²) in [6.07, 6.45) is 3.33. The molecule has 4 rings (SSSR count). The summed E-state index contributed by atoms with van der Waals surface area (Å²) in [5.74, 6) is 0.252. The van der Waals surface area contributed by atoms with Crippen LogP contribution in [-0.2, 0) is 9.53 Å². The molecule has 150 valence electrons. The van der Waals surface area contributed by atoms with Crippen molar-refractivity contribution in [1.82, 2.24) is 15.2 Å². The summed E-state index contributed by atoms with van der Waals surface area (Å²) in [6.45, 7) is 5.04. The summed E-state index contributed by atoms with van der Waals surface area (Å²) in [5, 5.41) is 10.9. The molecule has 0 bridgehead atoms. The number of carbonyl (C=O) groups is 1. The van der Waals surface area contributed by atoms with Crippen LogP contribution in [0.5, 0.6) is 0 Å². The van der Waals surface area contributed by atoms with Crippen molar-refractivity contribution in [3.8, 4) is 11.5 Å². The molecule has 1 atom stereocenters. The van der Waals surface area contributed by atoms with Crippen LogP contribution in [0.25, 0.3) is 11.5 Å². The maximum absolute atomic E-state index is 12.5. The predicted molar refractivity (Wildman–Crippen MR) is 111 cm³/mol. The third-order valence-electron chi connectivity index (χ3n) is 4.47. The minimum absolute atomic E-state index is 0.129. The van der Waals surface area contributed by atoms with Gasteiger partial charge in [0.2, 0.25) is 11.8 Å². The van der Waals surface area contributed by atoms with Gasteiger partial charge in [0.1, 0.15) is 0 Å².